The van der Waals surface area contributed by atoms with Gasteiger partial charge in [-0.25, -0.2) is 0 Å². The molecule has 1 aromatic rings. The predicted molar refractivity (Wildman–Crippen MR) is 54.5 cm³/mol. The molecule has 6 heteroatoms. The number of hydrogen-bond acceptors (Lipinski definition) is 3. The molecule has 1 aromatic carbocycles. The number of alkyl halides is 3. The molecule has 17 heavy (non-hydrogen) atoms. The molecule has 0 saturated heterocycles. The van der Waals surface area contributed by atoms with Gasteiger partial charge in [-0.05, 0) is 24.1 Å². The lowest BCUT2D eigenvalue weighted by molar-refractivity contribution is -0.355. The first-order valence-electron chi connectivity index (χ1n) is 4.99. The van der Waals surface area contributed by atoms with Crippen LogP contribution in [-0.2, 0) is 6.42 Å². The molecule has 0 aromatic heterocycles. The lowest BCUT2D eigenvalue weighted by Crippen LogP contribution is -2.49. The average molecular weight is 250 g/mol. The molecular weight excluding hydrogens is 237 g/mol. The number of aryl methyl sites for hydroxylation is 1. The fourth-order valence-electron chi connectivity index (χ4n) is 1.12. The zero-order valence-electron chi connectivity index (χ0n) is 9.16. The quantitative estimate of drug-likeness (QED) is 0.802. The Hall–Kier alpha value is -1.27. The van der Waals surface area contributed by atoms with E-state index in [-0.39, 0.29) is 5.75 Å². The van der Waals surface area contributed by atoms with Crippen LogP contribution in [-0.4, -0.2) is 28.8 Å². The summed E-state index contributed by atoms with van der Waals surface area (Å²) >= 11 is 0. The molecule has 0 atom stereocenters. The largest absolute Gasteiger partial charge is 0.488 e. The van der Waals surface area contributed by atoms with Crippen molar-refractivity contribution in [2.24, 2.45) is 0 Å². The standard InChI is InChI=1S/C11H13F3O3/c1-2-8-4-3-5-9(6-8)17-7-10(15,16)11(12,13)14/h3-6,15-16H,2,7H2,1H3. The molecule has 0 unspecified atom stereocenters. The minimum atomic E-state index is -5.14. The van der Waals surface area contributed by atoms with Gasteiger partial charge in [-0.1, -0.05) is 19.1 Å². The molecule has 0 aliphatic carbocycles. The molecule has 0 amide bonds. The van der Waals surface area contributed by atoms with E-state index < -0.39 is 18.6 Å². The predicted octanol–water partition coefficient (Wildman–Crippen LogP) is 1.87. The van der Waals surface area contributed by atoms with E-state index in [1.165, 1.54) is 6.07 Å². The lowest BCUT2D eigenvalue weighted by atomic mass is 10.2. The monoisotopic (exact) mass is 250 g/mol. The van der Waals surface area contributed by atoms with Crippen molar-refractivity contribution in [3.05, 3.63) is 29.8 Å². The number of rotatable bonds is 4. The Morgan fingerprint density at radius 3 is 2.41 bits per heavy atom. The first-order chi connectivity index (χ1) is 7.76. The van der Waals surface area contributed by atoms with E-state index in [9.17, 15) is 13.2 Å². The van der Waals surface area contributed by atoms with Crippen LogP contribution in [0, 0.1) is 0 Å². The molecule has 0 aliphatic heterocycles. The summed E-state index contributed by atoms with van der Waals surface area (Å²) in [6.45, 7) is 0.626. The van der Waals surface area contributed by atoms with Crippen molar-refractivity contribution in [1.82, 2.24) is 0 Å². The molecule has 0 aliphatic rings. The smallest absolute Gasteiger partial charge is 0.446 e. The molecule has 0 spiro atoms. The van der Waals surface area contributed by atoms with Gasteiger partial charge in [-0.15, -0.1) is 0 Å². The number of ether oxygens (including phenoxy) is 1. The van der Waals surface area contributed by atoms with Crippen molar-refractivity contribution in [1.29, 1.82) is 0 Å². The summed E-state index contributed by atoms with van der Waals surface area (Å²) in [5, 5.41) is 17.5. The Bertz CT molecular complexity index is 374. The fraction of sp³-hybridized carbons (Fsp3) is 0.455. The molecule has 0 radical (unpaired) electrons. The SMILES string of the molecule is CCc1cccc(OCC(O)(O)C(F)(F)F)c1. The van der Waals surface area contributed by atoms with Crippen LogP contribution in [0.25, 0.3) is 0 Å². The van der Waals surface area contributed by atoms with E-state index in [1.54, 1.807) is 18.2 Å². The summed E-state index contributed by atoms with van der Waals surface area (Å²) in [5.74, 6) is -3.67. The highest BCUT2D eigenvalue weighted by Gasteiger charge is 2.53. The van der Waals surface area contributed by atoms with Crippen molar-refractivity contribution < 1.29 is 28.1 Å². The van der Waals surface area contributed by atoms with E-state index >= 15 is 0 Å². The summed E-state index contributed by atoms with van der Waals surface area (Å²) in [7, 11) is 0. The highest BCUT2D eigenvalue weighted by molar-refractivity contribution is 5.28. The Morgan fingerprint density at radius 1 is 1.24 bits per heavy atom. The van der Waals surface area contributed by atoms with Crippen molar-refractivity contribution in [2.45, 2.75) is 25.3 Å². The number of benzene rings is 1. The van der Waals surface area contributed by atoms with Gasteiger partial charge in [0.15, 0.2) is 6.61 Å². The van der Waals surface area contributed by atoms with E-state index in [2.05, 4.69) is 0 Å². The molecule has 3 nitrogen and oxygen atoms in total. The third-order valence-corrected chi connectivity index (χ3v) is 2.20. The first kappa shape index (κ1) is 13.8. The minimum absolute atomic E-state index is 0.168. The highest BCUT2D eigenvalue weighted by Crippen LogP contribution is 2.28. The van der Waals surface area contributed by atoms with Gasteiger partial charge in [0, 0.05) is 0 Å². The van der Waals surface area contributed by atoms with Crippen LogP contribution in [0.3, 0.4) is 0 Å². The maximum absolute atomic E-state index is 12.1. The number of hydrogen-bond donors (Lipinski definition) is 2. The highest BCUT2D eigenvalue weighted by atomic mass is 19.4. The van der Waals surface area contributed by atoms with Crippen LogP contribution >= 0.6 is 0 Å². The fourth-order valence-corrected chi connectivity index (χ4v) is 1.12. The van der Waals surface area contributed by atoms with Crippen LogP contribution in [0.2, 0.25) is 0 Å². The van der Waals surface area contributed by atoms with E-state index in [0.717, 1.165) is 5.56 Å². The first-order valence-corrected chi connectivity index (χ1v) is 4.99. The molecule has 0 saturated carbocycles. The van der Waals surface area contributed by atoms with Crippen LogP contribution in [0.15, 0.2) is 24.3 Å². The van der Waals surface area contributed by atoms with Gasteiger partial charge in [0.25, 0.3) is 5.79 Å². The van der Waals surface area contributed by atoms with Crippen molar-refractivity contribution in [3.8, 4) is 5.75 Å². The minimum Gasteiger partial charge on any atom is -0.488 e. The lowest BCUT2D eigenvalue weighted by Gasteiger charge is -2.24. The topological polar surface area (TPSA) is 49.7 Å². The second kappa shape index (κ2) is 4.93. The summed E-state index contributed by atoms with van der Waals surface area (Å²) in [5.41, 5.74) is 0.885. The summed E-state index contributed by atoms with van der Waals surface area (Å²) in [6.07, 6.45) is -4.44. The Kier molecular flexibility index (Phi) is 4.00. The summed E-state index contributed by atoms with van der Waals surface area (Å²) in [4.78, 5) is 0. The van der Waals surface area contributed by atoms with Crippen LogP contribution < -0.4 is 4.74 Å². The van der Waals surface area contributed by atoms with E-state index in [0.29, 0.717) is 6.42 Å². The van der Waals surface area contributed by atoms with Gasteiger partial charge in [0.2, 0.25) is 0 Å². The van der Waals surface area contributed by atoms with Crippen molar-refractivity contribution in [3.63, 3.8) is 0 Å². The van der Waals surface area contributed by atoms with Gasteiger partial charge in [-0.2, -0.15) is 13.2 Å². The van der Waals surface area contributed by atoms with Gasteiger partial charge >= 0.3 is 6.18 Å². The Labute approximate surface area is 96.5 Å². The van der Waals surface area contributed by atoms with Crippen LogP contribution in [0.5, 0.6) is 5.75 Å². The zero-order chi connectivity index (χ0) is 13.1. The molecule has 0 bridgehead atoms. The number of aliphatic hydroxyl groups is 2. The average Bonchev–Trinajstić information content (AvgIpc) is 2.25. The second-order valence-electron chi connectivity index (χ2n) is 3.60. The molecule has 2 N–H and O–H groups in total. The maximum Gasteiger partial charge on any atom is 0.446 e. The van der Waals surface area contributed by atoms with Crippen LogP contribution in [0.1, 0.15) is 12.5 Å². The van der Waals surface area contributed by atoms with Gasteiger partial charge in [-0.3, -0.25) is 0 Å². The third-order valence-electron chi connectivity index (χ3n) is 2.20. The maximum atomic E-state index is 12.1. The number of halogens is 3. The Balaban J connectivity index is 2.67. The van der Waals surface area contributed by atoms with Crippen molar-refractivity contribution in [2.75, 3.05) is 6.61 Å². The molecule has 0 heterocycles. The Morgan fingerprint density at radius 2 is 1.88 bits per heavy atom. The third kappa shape index (κ3) is 3.61. The van der Waals surface area contributed by atoms with Crippen molar-refractivity contribution >= 4 is 0 Å². The van der Waals surface area contributed by atoms with E-state index in [1.807, 2.05) is 6.92 Å². The second-order valence-corrected chi connectivity index (χ2v) is 3.60. The van der Waals surface area contributed by atoms with Gasteiger partial charge in [0.05, 0.1) is 0 Å². The van der Waals surface area contributed by atoms with E-state index in [4.69, 9.17) is 14.9 Å². The normalized spacial score (nSPS) is 12.6. The van der Waals surface area contributed by atoms with Gasteiger partial charge in [0.1, 0.15) is 5.75 Å². The molecule has 1 rings (SSSR count). The summed E-state index contributed by atoms with van der Waals surface area (Å²) < 4.78 is 41.0. The zero-order valence-corrected chi connectivity index (χ0v) is 9.16. The van der Waals surface area contributed by atoms with Gasteiger partial charge < -0.3 is 14.9 Å². The van der Waals surface area contributed by atoms with Crippen LogP contribution in [0.4, 0.5) is 13.2 Å². The molecular formula is C11H13F3O3. The summed E-state index contributed by atoms with van der Waals surface area (Å²) in [6, 6.07) is 6.41. The molecule has 0 fully saturated rings. The molecule has 96 valence electrons.